The molecule has 1 heterocycles. The second kappa shape index (κ2) is 5.68. The number of hydrogen-bond donors (Lipinski definition) is 2. The molecule has 0 unspecified atom stereocenters. The van der Waals surface area contributed by atoms with E-state index in [9.17, 15) is 0 Å². The van der Waals surface area contributed by atoms with Crippen LogP contribution in [0.15, 0.2) is 48.5 Å². The summed E-state index contributed by atoms with van der Waals surface area (Å²) in [5, 5.41) is 7.78. The monoisotopic (exact) mass is 298 g/mol. The predicted molar refractivity (Wildman–Crippen MR) is 84.0 cm³/mol. The van der Waals surface area contributed by atoms with Gasteiger partial charge in [-0.3, -0.25) is 5.10 Å². The van der Waals surface area contributed by atoms with Crippen LogP contribution in [0.1, 0.15) is 23.0 Å². The minimum atomic E-state index is -0.328. The highest BCUT2D eigenvalue weighted by Crippen LogP contribution is 2.22. The molecule has 3 N–H and O–H groups in total. The summed E-state index contributed by atoms with van der Waals surface area (Å²) in [6, 6.07) is 15.2. The first-order chi connectivity index (χ1) is 10.1. The topological polar surface area (TPSA) is 67.6 Å². The lowest BCUT2D eigenvalue weighted by molar-refractivity contribution is 0.787. The molecule has 2 aromatic carbocycles. The smallest absolute Gasteiger partial charge is 0.181 e. The Labute approximate surface area is 128 Å². The van der Waals surface area contributed by atoms with Gasteiger partial charge in [0.05, 0.1) is 6.04 Å². The minimum absolute atomic E-state index is 0.328. The van der Waals surface area contributed by atoms with E-state index in [4.69, 9.17) is 17.3 Å². The van der Waals surface area contributed by atoms with Crippen LogP contribution in [0.25, 0.3) is 11.4 Å². The first kappa shape index (κ1) is 13.8. The van der Waals surface area contributed by atoms with Crippen molar-refractivity contribution in [2.45, 2.75) is 13.0 Å². The van der Waals surface area contributed by atoms with Crippen LogP contribution in [-0.2, 0) is 0 Å². The number of aryl methyl sites for hydroxylation is 1. The Morgan fingerprint density at radius 1 is 1.14 bits per heavy atom. The molecule has 5 heteroatoms. The number of aromatic amines is 1. The van der Waals surface area contributed by atoms with Gasteiger partial charge in [-0.05, 0) is 24.6 Å². The van der Waals surface area contributed by atoms with Crippen molar-refractivity contribution < 1.29 is 0 Å². The molecule has 0 aliphatic carbocycles. The number of aromatic nitrogens is 3. The number of nitrogens with one attached hydrogen (secondary N) is 1. The molecule has 0 spiro atoms. The lowest BCUT2D eigenvalue weighted by Gasteiger charge is -2.08. The van der Waals surface area contributed by atoms with E-state index in [1.165, 1.54) is 5.56 Å². The number of H-pyrrole nitrogens is 1. The van der Waals surface area contributed by atoms with E-state index in [-0.39, 0.29) is 6.04 Å². The summed E-state index contributed by atoms with van der Waals surface area (Å²) in [5.74, 6) is 1.23. The maximum atomic E-state index is 6.23. The van der Waals surface area contributed by atoms with Crippen molar-refractivity contribution in [2.75, 3.05) is 0 Å². The zero-order chi connectivity index (χ0) is 14.8. The normalized spacial score (nSPS) is 12.3. The Morgan fingerprint density at radius 3 is 2.62 bits per heavy atom. The maximum Gasteiger partial charge on any atom is 0.181 e. The predicted octanol–water partition coefficient (Wildman–Crippen LogP) is 3.48. The summed E-state index contributed by atoms with van der Waals surface area (Å²) in [6.07, 6.45) is 0. The first-order valence-corrected chi connectivity index (χ1v) is 7.01. The third-order valence-corrected chi connectivity index (χ3v) is 3.55. The molecule has 4 nitrogen and oxygen atoms in total. The summed E-state index contributed by atoms with van der Waals surface area (Å²) in [4.78, 5) is 4.47. The van der Waals surface area contributed by atoms with Crippen LogP contribution in [0, 0.1) is 6.92 Å². The molecule has 0 fully saturated rings. The van der Waals surface area contributed by atoms with Gasteiger partial charge in [0, 0.05) is 10.6 Å². The molecule has 106 valence electrons. The third-order valence-electron chi connectivity index (χ3n) is 3.32. The molecule has 0 saturated heterocycles. The van der Waals surface area contributed by atoms with Crippen molar-refractivity contribution in [3.63, 3.8) is 0 Å². The van der Waals surface area contributed by atoms with Crippen molar-refractivity contribution in [2.24, 2.45) is 5.73 Å². The zero-order valence-corrected chi connectivity index (χ0v) is 12.3. The van der Waals surface area contributed by atoms with Gasteiger partial charge in [-0.2, -0.15) is 5.10 Å². The fourth-order valence-electron chi connectivity index (χ4n) is 2.10. The molecule has 0 amide bonds. The van der Waals surface area contributed by atoms with Crippen molar-refractivity contribution >= 4 is 11.6 Å². The number of nitrogens with zero attached hydrogens (tertiary/aromatic N) is 2. The molecule has 1 aromatic heterocycles. The van der Waals surface area contributed by atoms with Crippen LogP contribution in [0.5, 0.6) is 0 Å². The van der Waals surface area contributed by atoms with E-state index >= 15 is 0 Å². The Kier molecular flexibility index (Phi) is 3.73. The number of rotatable bonds is 3. The summed E-state index contributed by atoms with van der Waals surface area (Å²) < 4.78 is 0. The highest BCUT2D eigenvalue weighted by molar-refractivity contribution is 6.30. The molecular weight excluding hydrogens is 284 g/mol. The van der Waals surface area contributed by atoms with Gasteiger partial charge in [0.25, 0.3) is 0 Å². The average Bonchev–Trinajstić information content (AvgIpc) is 2.97. The van der Waals surface area contributed by atoms with Crippen LogP contribution >= 0.6 is 11.6 Å². The second-order valence-corrected chi connectivity index (χ2v) is 5.38. The summed E-state index contributed by atoms with van der Waals surface area (Å²) in [5.41, 5.74) is 9.28. The second-order valence-electron chi connectivity index (χ2n) is 4.94. The van der Waals surface area contributed by atoms with Crippen LogP contribution in [-0.4, -0.2) is 15.2 Å². The van der Waals surface area contributed by atoms with Gasteiger partial charge in [0.15, 0.2) is 5.82 Å². The lowest BCUT2D eigenvalue weighted by Crippen LogP contribution is -2.13. The first-order valence-electron chi connectivity index (χ1n) is 6.64. The fourth-order valence-corrected chi connectivity index (χ4v) is 2.29. The Balaban J connectivity index is 1.89. The average molecular weight is 299 g/mol. The third kappa shape index (κ3) is 2.96. The highest BCUT2D eigenvalue weighted by Gasteiger charge is 2.14. The Bertz CT molecular complexity index is 749. The highest BCUT2D eigenvalue weighted by atomic mass is 35.5. The molecule has 0 saturated carbocycles. The van der Waals surface area contributed by atoms with Crippen LogP contribution in [0.3, 0.4) is 0 Å². The number of nitrogens with two attached hydrogens (primary N) is 1. The van der Waals surface area contributed by atoms with Gasteiger partial charge in [0.2, 0.25) is 0 Å². The molecule has 21 heavy (non-hydrogen) atoms. The number of halogens is 1. The SMILES string of the molecule is Cc1ccc([C@@H](N)c2nc(-c3cccc(Cl)c3)n[nH]2)cc1. The molecule has 0 bridgehead atoms. The van der Waals surface area contributed by atoms with E-state index in [0.717, 1.165) is 11.1 Å². The summed E-state index contributed by atoms with van der Waals surface area (Å²) >= 11 is 5.98. The number of benzene rings is 2. The van der Waals surface area contributed by atoms with Crippen molar-refractivity contribution in [3.05, 3.63) is 70.5 Å². The Morgan fingerprint density at radius 2 is 1.90 bits per heavy atom. The summed E-state index contributed by atoms with van der Waals surface area (Å²) in [6.45, 7) is 2.04. The van der Waals surface area contributed by atoms with Gasteiger partial charge in [0.1, 0.15) is 5.82 Å². The van der Waals surface area contributed by atoms with E-state index in [1.54, 1.807) is 0 Å². The molecule has 3 aromatic rings. The quantitative estimate of drug-likeness (QED) is 0.778. The largest absolute Gasteiger partial charge is 0.318 e. The van der Waals surface area contributed by atoms with Crippen molar-refractivity contribution in [1.29, 1.82) is 0 Å². The molecule has 1 atom stereocenters. The van der Waals surface area contributed by atoms with Gasteiger partial charge in [-0.1, -0.05) is 53.6 Å². The van der Waals surface area contributed by atoms with Crippen LogP contribution in [0.2, 0.25) is 5.02 Å². The van der Waals surface area contributed by atoms with Crippen molar-refractivity contribution in [1.82, 2.24) is 15.2 Å². The van der Waals surface area contributed by atoms with Gasteiger partial charge < -0.3 is 5.73 Å². The van der Waals surface area contributed by atoms with Crippen molar-refractivity contribution in [3.8, 4) is 11.4 Å². The molecule has 0 radical (unpaired) electrons. The van der Waals surface area contributed by atoms with Gasteiger partial charge in [-0.25, -0.2) is 4.98 Å². The van der Waals surface area contributed by atoms with E-state index in [2.05, 4.69) is 15.2 Å². The standard InChI is InChI=1S/C16H15ClN4/c1-10-5-7-11(8-6-10)14(18)16-19-15(20-21-16)12-3-2-4-13(17)9-12/h2-9,14H,18H2,1H3,(H,19,20,21)/t14-/m1/s1. The molecule has 0 aliphatic rings. The van der Waals surface area contributed by atoms with Crippen LogP contribution < -0.4 is 5.73 Å². The zero-order valence-electron chi connectivity index (χ0n) is 11.5. The van der Waals surface area contributed by atoms with Crippen LogP contribution in [0.4, 0.5) is 0 Å². The number of hydrogen-bond acceptors (Lipinski definition) is 3. The molecular formula is C16H15ClN4. The Hall–Kier alpha value is -2.17. The maximum absolute atomic E-state index is 6.23. The molecule has 3 rings (SSSR count). The van der Waals surface area contributed by atoms with E-state index in [1.807, 2.05) is 55.5 Å². The molecule has 0 aliphatic heterocycles. The lowest BCUT2D eigenvalue weighted by atomic mass is 10.1. The van der Waals surface area contributed by atoms with E-state index in [0.29, 0.717) is 16.7 Å². The minimum Gasteiger partial charge on any atom is -0.318 e. The van der Waals surface area contributed by atoms with Gasteiger partial charge >= 0.3 is 0 Å². The fraction of sp³-hybridized carbons (Fsp3) is 0.125. The van der Waals surface area contributed by atoms with Gasteiger partial charge in [-0.15, -0.1) is 0 Å². The summed E-state index contributed by atoms with van der Waals surface area (Å²) in [7, 11) is 0. The van der Waals surface area contributed by atoms with E-state index < -0.39 is 0 Å².